The second-order valence-electron chi connectivity index (χ2n) is 8.01. The van der Waals surface area contributed by atoms with Crippen LogP contribution in [0.4, 0.5) is 0 Å². The predicted molar refractivity (Wildman–Crippen MR) is 124 cm³/mol. The van der Waals surface area contributed by atoms with Gasteiger partial charge < -0.3 is 24.4 Å². The van der Waals surface area contributed by atoms with E-state index in [-0.39, 0.29) is 18.2 Å². The molecule has 2 N–H and O–H groups in total. The molecule has 0 saturated heterocycles. The average molecular weight is 520 g/mol. The van der Waals surface area contributed by atoms with Gasteiger partial charge in [-0.05, 0) is 52.5 Å². The molecule has 9 nitrogen and oxygen atoms in total. The van der Waals surface area contributed by atoms with Gasteiger partial charge in [-0.3, -0.25) is 9.67 Å². The van der Waals surface area contributed by atoms with Crippen molar-refractivity contribution in [3.63, 3.8) is 0 Å². The SMILES string of the molecule is COc1cc(C(O)C(Cn2cc3nccc(C(=O)O)c3n2)OC2CCCC2)cc(OC)c1Br. The van der Waals surface area contributed by atoms with Crippen molar-refractivity contribution < 1.29 is 29.2 Å². The van der Waals surface area contributed by atoms with Gasteiger partial charge in [0.1, 0.15) is 39.2 Å². The molecular formula is C23H26BrN3O6. The number of pyridine rings is 1. The lowest BCUT2D eigenvalue weighted by Gasteiger charge is -2.27. The summed E-state index contributed by atoms with van der Waals surface area (Å²) >= 11 is 3.45. The largest absolute Gasteiger partial charge is 0.495 e. The van der Waals surface area contributed by atoms with E-state index in [4.69, 9.17) is 14.2 Å². The number of rotatable bonds is 9. The summed E-state index contributed by atoms with van der Waals surface area (Å²) in [5.74, 6) is -0.00761. The van der Waals surface area contributed by atoms with E-state index < -0.39 is 18.2 Å². The van der Waals surface area contributed by atoms with Gasteiger partial charge in [0.2, 0.25) is 0 Å². The number of halogens is 1. The molecule has 1 aromatic carbocycles. The highest BCUT2D eigenvalue weighted by Gasteiger charge is 2.29. The highest BCUT2D eigenvalue weighted by atomic mass is 79.9. The molecule has 4 rings (SSSR count). The zero-order valence-corrected chi connectivity index (χ0v) is 20.0. The quantitative estimate of drug-likeness (QED) is 0.436. The Morgan fingerprint density at radius 2 is 1.91 bits per heavy atom. The summed E-state index contributed by atoms with van der Waals surface area (Å²) in [4.78, 5) is 15.8. The van der Waals surface area contributed by atoms with E-state index in [1.807, 2.05) is 0 Å². The molecule has 2 atom stereocenters. The van der Waals surface area contributed by atoms with Crippen LogP contribution in [0.25, 0.3) is 11.0 Å². The van der Waals surface area contributed by atoms with Gasteiger partial charge in [0, 0.05) is 6.20 Å². The summed E-state index contributed by atoms with van der Waals surface area (Å²) in [6.07, 6.45) is 5.57. The highest BCUT2D eigenvalue weighted by Crippen LogP contribution is 2.39. The minimum Gasteiger partial charge on any atom is -0.495 e. The van der Waals surface area contributed by atoms with Crippen LogP contribution in [-0.2, 0) is 11.3 Å². The van der Waals surface area contributed by atoms with Crippen molar-refractivity contribution in [1.82, 2.24) is 14.8 Å². The Morgan fingerprint density at radius 3 is 2.52 bits per heavy atom. The number of hydrogen-bond acceptors (Lipinski definition) is 7. The Balaban J connectivity index is 1.68. The first-order valence-corrected chi connectivity index (χ1v) is 11.5. The van der Waals surface area contributed by atoms with Crippen molar-refractivity contribution in [1.29, 1.82) is 0 Å². The molecule has 1 aliphatic rings. The van der Waals surface area contributed by atoms with Gasteiger partial charge in [0.25, 0.3) is 0 Å². The number of carboxylic acid groups (broad SMARTS) is 1. The molecule has 0 bridgehead atoms. The van der Waals surface area contributed by atoms with Gasteiger partial charge in [-0.2, -0.15) is 5.10 Å². The van der Waals surface area contributed by atoms with Gasteiger partial charge in [-0.25, -0.2) is 4.79 Å². The number of aliphatic hydroxyl groups excluding tert-OH is 1. The minimum absolute atomic E-state index is 0.0431. The third-order valence-electron chi connectivity index (χ3n) is 5.88. The number of hydrogen-bond donors (Lipinski definition) is 2. The Morgan fingerprint density at radius 1 is 1.24 bits per heavy atom. The summed E-state index contributed by atoms with van der Waals surface area (Å²) in [6.45, 7) is 0.216. The van der Waals surface area contributed by atoms with Crippen molar-refractivity contribution in [2.75, 3.05) is 14.2 Å². The molecule has 0 radical (unpaired) electrons. The smallest absolute Gasteiger partial charge is 0.338 e. The van der Waals surface area contributed by atoms with Crippen molar-refractivity contribution in [2.45, 2.75) is 50.5 Å². The number of nitrogens with zero attached hydrogens (tertiary/aromatic N) is 3. The minimum atomic E-state index is -1.07. The van der Waals surface area contributed by atoms with E-state index in [1.54, 1.807) is 37.2 Å². The molecule has 2 aromatic heterocycles. The zero-order valence-electron chi connectivity index (χ0n) is 18.4. The maximum Gasteiger partial charge on any atom is 0.338 e. The van der Waals surface area contributed by atoms with Crippen LogP contribution in [0.3, 0.4) is 0 Å². The number of aromatic carboxylic acids is 1. The molecule has 1 saturated carbocycles. The fraction of sp³-hybridized carbons (Fsp3) is 0.435. The van der Waals surface area contributed by atoms with E-state index >= 15 is 0 Å². The van der Waals surface area contributed by atoms with Gasteiger partial charge in [-0.1, -0.05) is 12.8 Å². The number of methoxy groups -OCH3 is 2. The standard InChI is InChI=1S/C23H26BrN3O6/c1-31-17-9-13(10-18(32-2)20(17)24)22(28)19(33-14-5-3-4-6-14)12-27-11-16-21(26-27)15(23(29)30)7-8-25-16/h7-11,14,19,22,28H,3-6,12H2,1-2H3,(H,29,30). The molecule has 0 aliphatic heterocycles. The Kier molecular flexibility index (Phi) is 7.16. The average Bonchev–Trinajstić information content (AvgIpc) is 3.47. The lowest BCUT2D eigenvalue weighted by Crippen LogP contribution is -2.31. The number of aliphatic hydroxyl groups is 1. The van der Waals surface area contributed by atoms with E-state index in [1.165, 1.54) is 12.3 Å². The summed E-state index contributed by atoms with van der Waals surface area (Å²) < 4.78 is 19.4. The molecule has 0 amide bonds. The molecule has 1 aliphatic carbocycles. The van der Waals surface area contributed by atoms with Crippen LogP contribution < -0.4 is 9.47 Å². The van der Waals surface area contributed by atoms with Crippen molar-refractivity contribution >= 4 is 32.9 Å². The predicted octanol–water partition coefficient (Wildman–Crippen LogP) is 3.97. The maximum atomic E-state index is 11.5. The molecule has 2 heterocycles. The van der Waals surface area contributed by atoms with E-state index in [0.717, 1.165) is 25.7 Å². The molecule has 0 spiro atoms. The Labute approximate surface area is 199 Å². The summed E-state index contributed by atoms with van der Waals surface area (Å²) in [5.41, 5.74) is 1.42. The van der Waals surface area contributed by atoms with E-state index in [2.05, 4.69) is 26.0 Å². The van der Waals surface area contributed by atoms with Crippen LogP contribution in [0.2, 0.25) is 0 Å². The number of benzene rings is 1. The Hall–Kier alpha value is -2.69. The van der Waals surface area contributed by atoms with Gasteiger partial charge in [0.15, 0.2) is 0 Å². The number of carbonyl (C=O) groups is 1. The lowest BCUT2D eigenvalue weighted by atomic mass is 10.0. The van der Waals surface area contributed by atoms with Gasteiger partial charge >= 0.3 is 5.97 Å². The molecule has 176 valence electrons. The summed E-state index contributed by atoms with van der Waals surface area (Å²) in [7, 11) is 3.09. The van der Waals surface area contributed by atoms with Crippen molar-refractivity contribution in [3.05, 3.63) is 46.2 Å². The fourth-order valence-electron chi connectivity index (χ4n) is 4.18. The second kappa shape index (κ2) is 10.1. The zero-order chi connectivity index (χ0) is 23.5. The van der Waals surface area contributed by atoms with Gasteiger partial charge in [-0.15, -0.1) is 0 Å². The summed E-state index contributed by atoms with van der Waals surface area (Å²) in [5, 5.41) is 25.2. The molecule has 2 unspecified atom stereocenters. The molecule has 1 fully saturated rings. The summed E-state index contributed by atoms with van der Waals surface area (Å²) in [6, 6.07) is 4.90. The maximum absolute atomic E-state index is 11.5. The molecule has 33 heavy (non-hydrogen) atoms. The van der Waals surface area contributed by atoms with E-state index in [0.29, 0.717) is 32.6 Å². The topological polar surface area (TPSA) is 116 Å². The lowest BCUT2D eigenvalue weighted by molar-refractivity contribution is -0.0845. The van der Waals surface area contributed by atoms with E-state index in [9.17, 15) is 15.0 Å². The highest BCUT2D eigenvalue weighted by molar-refractivity contribution is 9.10. The Bertz CT molecular complexity index is 1120. The first-order valence-electron chi connectivity index (χ1n) is 10.7. The van der Waals surface area contributed by atoms with Crippen LogP contribution in [0.15, 0.2) is 35.1 Å². The first kappa shape index (κ1) is 23.5. The monoisotopic (exact) mass is 519 g/mol. The first-order chi connectivity index (χ1) is 15.9. The molecular weight excluding hydrogens is 494 g/mol. The third-order valence-corrected chi connectivity index (χ3v) is 6.66. The fourth-order valence-corrected chi connectivity index (χ4v) is 4.74. The van der Waals surface area contributed by atoms with Gasteiger partial charge in [0.05, 0.1) is 38.6 Å². The number of carboxylic acids is 1. The van der Waals surface area contributed by atoms with Crippen LogP contribution in [0.5, 0.6) is 11.5 Å². The number of aromatic nitrogens is 3. The van der Waals surface area contributed by atoms with Crippen molar-refractivity contribution in [3.8, 4) is 11.5 Å². The molecule has 3 aromatic rings. The number of fused-ring (bicyclic) bond motifs is 1. The van der Waals surface area contributed by atoms with Crippen molar-refractivity contribution in [2.24, 2.45) is 0 Å². The van der Waals surface area contributed by atoms with Crippen LogP contribution in [-0.4, -0.2) is 57.4 Å². The van der Waals surface area contributed by atoms with Crippen LogP contribution in [0, 0.1) is 0 Å². The molecule has 10 heteroatoms. The normalized spacial score (nSPS) is 16.1. The number of ether oxygens (including phenoxy) is 3. The van der Waals surface area contributed by atoms with Crippen LogP contribution >= 0.6 is 15.9 Å². The third kappa shape index (κ3) is 4.97. The van der Waals surface area contributed by atoms with Crippen LogP contribution in [0.1, 0.15) is 47.7 Å². The second-order valence-corrected chi connectivity index (χ2v) is 8.81.